The zero-order valence-corrected chi connectivity index (χ0v) is 23.8. The largest absolute Gasteiger partial charge is 0.483 e. The third-order valence-electron chi connectivity index (χ3n) is 6.24. The number of nitrogens with one attached hydrogen (secondary N) is 2. The molecular weight excluding hydrogens is 628 g/mol. The van der Waals surface area contributed by atoms with Crippen molar-refractivity contribution in [2.24, 2.45) is 0 Å². The van der Waals surface area contributed by atoms with Gasteiger partial charge in [0.15, 0.2) is 12.5 Å². The summed E-state index contributed by atoms with van der Waals surface area (Å²) in [6.07, 6.45) is -7.79. The van der Waals surface area contributed by atoms with Gasteiger partial charge in [-0.2, -0.15) is 4.31 Å². The van der Waals surface area contributed by atoms with E-state index in [1.807, 2.05) is 4.98 Å². The monoisotopic (exact) mass is 659 g/mol. The molecule has 242 valence electrons. The average Bonchev–Trinajstić information content (AvgIpc) is 3.19. The molecule has 3 heterocycles. The number of aliphatic hydroxyl groups excluding tert-OH is 5. The van der Waals surface area contributed by atoms with Crippen LogP contribution in [0.25, 0.3) is 0 Å². The summed E-state index contributed by atoms with van der Waals surface area (Å²) in [5, 5.41) is 52.7. The van der Waals surface area contributed by atoms with Crippen molar-refractivity contribution >= 4 is 21.6 Å². The highest BCUT2D eigenvalue weighted by Crippen LogP contribution is 2.61. The van der Waals surface area contributed by atoms with Gasteiger partial charge in [-0.25, -0.2) is 13.9 Å². The Morgan fingerprint density at radius 3 is 2.37 bits per heavy atom. The highest BCUT2D eigenvalue weighted by molar-refractivity contribution is 7.61. The Hall–Kier alpha value is -2.31. The Bertz CT molecular complexity index is 1380. The van der Waals surface area contributed by atoms with Crippen molar-refractivity contribution in [1.29, 1.82) is 0 Å². The Kier molecular flexibility index (Phi) is 12.0. The van der Waals surface area contributed by atoms with Gasteiger partial charge in [0, 0.05) is 25.1 Å². The molecule has 0 aromatic carbocycles. The topological polar surface area (TPSA) is 306 Å². The smallest absolute Gasteiger partial charge is 0.394 e. The molecule has 0 radical (unpaired) electrons. The Labute approximate surface area is 242 Å². The lowest BCUT2D eigenvalue weighted by atomic mass is 9.97. The van der Waals surface area contributed by atoms with Crippen molar-refractivity contribution in [3.8, 4) is 12.3 Å². The van der Waals surface area contributed by atoms with Gasteiger partial charge in [0.25, 0.3) is 5.56 Å². The van der Waals surface area contributed by atoms with Gasteiger partial charge >= 0.3 is 21.3 Å². The normalized spacial score (nSPS) is 33.7. The maximum absolute atomic E-state index is 12.6. The van der Waals surface area contributed by atoms with E-state index in [2.05, 4.69) is 20.1 Å². The maximum Gasteiger partial charge on any atom is 0.483 e. The Morgan fingerprint density at radius 2 is 1.74 bits per heavy atom. The second-order valence-electron chi connectivity index (χ2n) is 9.34. The summed E-state index contributed by atoms with van der Waals surface area (Å²) in [4.78, 5) is 57.6. The van der Waals surface area contributed by atoms with Crippen molar-refractivity contribution in [2.45, 2.75) is 74.4 Å². The number of unbranched alkanes of at least 4 members (excludes halogenated alkanes) is 1. The van der Waals surface area contributed by atoms with Crippen LogP contribution < -0.4 is 16.6 Å². The van der Waals surface area contributed by atoms with E-state index < -0.39 is 101 Å². The van der Waals surface area contributed by atoms with Crippen molar-refractivity contribution in [2.75, 3.05) is 13.2 Å². The molecule has 2 saturated heterocycles. The van der Waals surface area contributed by atoms with Crippen LogP contribution in [0, 0.1) is 12.3 Å². The second-order valence-corrected chi connectivity index (χ2v) is 12.3. The number of amides is 1. The van der Waals surface area contributed by atoms with E-state index in [0.29, 0.717) is 0 Å². The summed E-state index contributed by atoms with van der Waals surface area (Å²) in [5.74, 6) is 1.57. The van der Waals surface area contributed by atoms with Gasteiger partial charge < -0.3 is 50.1 Å². The number of ether oxygens (including phenoxy) is 2. The molecule has 22 heteroatoms. The summed E-state index contributed by atoms with van der Waals surface area (Å²) >= 11 is 0. The summed E-state index contributed by atoms with van der Waals surface area (Å²) in [7, 11) is -11.2. The SMILES string of the molecule is C#CCCCC(=O)N[C@H]1[C@@H](OP(=O)(O)OP(=O)(O)OC[C@H]2O[C@@H](n3ccc(=O)[nH]c3=O)[C@H](O)[C@@H]2O)O[C@H](CO)[C@H](O)[C@@H]1O. The number of carbonyl (C=O) groups is 1. The number of aromatic amines is 1. The molecular formula is C21H31N3O17P2. The molecule has 9 N–H and O–H groups in total. The average molecular weight is 659 g/mol. The number of rotatable bonds is 13. The summed E-state index contributed by atoms with van der Waals surface area (Å²) in [6, 6.07) is -0.813. The maximum atomic E-state index is 12.6. The van der Waals surface area contributed by atoms with E-state index in [4.69, 9.17) is 20.4 Å². The standard InChI is InChI=1S/C21H31N3O17P2/c1-2-3-4-5-12(26)22-14-17(30)15(28)10(8-25)39-20(14)40-43(35,36)41-42(33,34)37-9-11-16(29)18(31)19(38-11)24-7-6-13(27)23-21(24)32/h1,6-7,10-11,14-20,25,28-31H,3-5,8-9H2,(H,22,26)(H,33,34)(H,35,36)(H,23,27,32)/t10-,11-,14-,15+,16-,17-,18-,19-,20-/m1/s1. The first-order valence-electron chi connectivity index (χ1n) is 12.5. The Morgan fingerprint density at radius 1 is 1.07 bits per heavy atom. The van der Waals surface area contributed by atoms with E-state index in [0.717, 1.165) is 16.8 Å². The van der Waals surface area contributed by atoms with Crippen molar-refractivity contribution in [3.63, 3.8) is 0 Å². The number of carbonyl (C=O) groups excluding carboxylic acids is 1. The molecule has 2 aliphatic heterocycles. The molecule has 0 aliphatic carbocycles. The summed E-state index contributed by atoms with van der Waals surface area (Å²) < 4.78 is 49.8. The number of phosphoric acid groups is 2. The lowest BCUT2D eigenvalue weighted by Crippen LogP contribution is -2.64. The Balaban J connectivity index is 1.66. The van der Waals surface area contributed by atoms with Gasteiger partial charge in [0.1, 0.15) is 42.7 Å². The van der Waals surface area contributed by atoms with Crippen molar-refractivity contribution < 1.29 is 72.1 Å². The van der Waals surface area contributed by atoms with E-state index in [1.54, 1.807) is 0 Å². The third kappa shape index (κ3) is 9.11. The number of terminal acetylenes is 1. The molecule has 1 aromatic rings. The van der Waals surface area contributed by atoms with Crippen LogP contribution in [-0.2, 0) is 36.8 Å². The number of phosphoric ester groups is 2. The van der Waals surface area contributed by atoms with E-state index in [-0.39, 0.29) is 19.3 Å². The predicted octanol–water partition coefficient (Wildman–Crippen LogP) is -3.87. The van der Waals surface area contributed by atoms with Crippen LogP contribution in [-0.4, -0.2) is 113 Å². The molecule has 0 bridgehead atoms. The van der Waals surface area contributed by atoms with Crippen LogP contribution >= 0.6 is 15.6 Å². The van der Waals surface area contributed by atoms with Crippen LogP contribution in [0.15, 0.2) is 21.9 Å². The van der Waals surface area contributed by atoms with E-state index in [9.17, 15) is 58.8 Å². The number of nitrogens with zero attached hydrogens (tertiary/aromatic N) is 1. The van der Waals surface area contributed by atoms with Crippen molar-refractivity contribution in [3.05, 3.63) is 33.1 Å². The molecule has 3 rings (SSSR count). The lowest BCUT2D eigenvalue weighted by Gasteiger charge is -2.42. The van der Waals surface area contributed by atoms with Crippen LogP contribution in [0.1, 0.15) is 25.5 Å². The quantitative estimate of drug-likeness (QED) is 0.0556. The van der Waals surface area contributed by atoms with Crippen LogP contribution in [0.5, 0.6) is 0 Å². The molecule has 43 heavy (non-hydrogen) atoms. The number of H-pyrrole nitrogens is 1. The summed E-state index contributed by atoms with van der Waals surface area (Å²) in [5.41, 5.74) is -1.76. The van der Waals surface area contributed by atoms with E-state index >= 15 is 0 Å². The van der Waals surface area contributed by atoms with Gasteiger partial charge in [-0.15, -0.1) is 12.3 Å². The third-order valence-corrected chi connectivity index (χ3v) is 8.84. The number of hydrogen-bond acceptors (Lipinski definition) is 15. The van der Waals surface area contributed by atoms with Gasteiger partial charge in [-0.1, -0.05) is 0 Å². The number of hydrogen-bond donors (Lipinski definition) is 9. The molecule has 20 nitrogen and oxygen atoms in total. The van der Waals surface area contributed by atoms with Crippen LogP contribution in [0.3, 0.4) is 0 Å². The lowest BCUT2D eigenvalue weighted by molar-refractivity contribution is -0.248. The minimum atomic E-state index is -5.68. The molecule has 1 amide bonds. The van der Waals surface area contributed by atoms with Gasteiger partial charge in [0.2, 0.25) is 5.91 Å². The van der Waals surface area contributed by atoms with Crippen LogP contribution in [0.2, 0.25) is 0 Å². The fraction of sp³-hybridized carbons (Fsp3) is 0.667. The minimum Gasteiger partial charge on any atom is -0.394 e. The zero-order valence-electron chi connectivity index (χ0n) is 22.0. The summed E-state index contributed by atoms with van der Waals surface area (Å²) in [6.45, 7) is -1.96. The fourth-order valence-corrected chi connectivity index (χ4v) is 6.30. The minimum absolute atomic E-state index is 0.159. The van der Waals surface area contributed by atoms with Gasteiger partial charge in [-0.05, 0) is 6.42 Å². The first kappa shape index (κ1) is 35.2. The van der Waals surface area contributed by atoms with Crippen LogP contribution in [0.4, 0.5) is 0 Å². The highest BCUT2D eigenvalue weighted by atomic mass is 31.3. The molecule has 2 unspecified atom stereocenters. The van der Waals surface area contributed by atoms with Gasteiger partial charge in [0.05, 0.1) is 13.2 Å². The zero-order chi connectivity index (χ0) is 32.1. The number of aromatic nitrogens is 2. The molecule has 2 aliphatic rings. The molecule has 11 atom stereocenters. The molecule has 0 spiro atoms. The molecule has 2 fully saturated rings. The van der Waals surface area contributed by atoms with E-state index in [1.165, 1.54) is 0 Å². The molecule has 1 aromatic heterocycles. The highest BCUT2D eigenvalue weighted by Gasteiger charge is 2.50. The van der Waals surface area contributed by atoms with Crippen molar-refractivity contribution in [1.82, 2.24) is 14.9 Å². The first-order valence-corrected chi connectivity index (χ1v) is 15.5. The van der Waals surface area contributed by atoms with Gasteiger partial charge in [-0.3, -0.25) is 28.2 Å². The molecule has 0 saturated carbocycles. The second kappa shape index (κ2) is 14.6. The first-order chi connectivity index (χ1) is 20.1. The number of aliphatic hydroxyl groups is 5. The predicted molar refractivity (Wildman–Crippen MR) is 137 cm³/mol. The fourth-order valence-electron chi connectivity index (χ4n) is 4.13.